The Kier molecular flexibility index (Phi) is 6.51. The van der Waals surface area contributed by atoms with Gasteiger partial charge in [0.05, 0.1) is 5.41 Å². The lowest BCUT2D eigenvalue weighted by molar-refractivity contribution is -0.149. The maximum absolute atomic E-state index is 11.7. The summed E-state index contributed by atoms with van der Waals surface area (Å²) in [4.78, 5) is 24.2. The molecule has 1 rings (SSSR count). The predicted octanol–water partition coefficient (Wildman–Crippen LogP) is 2.48. The number of urea groups is 1. The van der Waals surface area contributed by atoms with Crippen molar-refractivity contribution >= 4 is 23.3 Å². The molecule has 0 unspecified atom stereocenters. The minimum atomic E-state index is -0.870. The molecule has 0 atom stereocenters. The molecule has 1 aromatic rings. The van der Waals surface area contributed by atoms with E-state index in [9.17, 15) is 14.7 Å². The van der Waals surface area contributed by atoms with Gasteiger partial charge in [0.15, 0.2) is 0 Å². The molecular weight excluding hydrogens is 276 g/mol. The molecule has 0 aliphatic heterocycles. The van der Waals surface area contributed by atoms with Gasteiger partial charge in [0.25, 0.3) is 0 Å². The molecule has 5 nitrogen and oxygen atoms in total. The highest BCUT2D eigenvalue weighted by Gasteiger charge is 2.35. The Labute approximate surface area is 123 Å². The van der Waals surface area contributed by atoms with E-state index in [4.69, 9.17) is 0 Å². The van der Waals surface area contributed by atoms with E-state index in [0.717, 1.165) is 6.42 Å². The van der Waals surface area contributed by atoms with Gasteiger partial charge in [-0.05, 0) is 30.7 Å². The smallest absolute Gasteiger partial charge is 0.314 e. The standard InChI is InChI=1S/C14H22N2O3S/c1-3-14(4-2,12(17)18)10-16-13(19)15-8-7-11-6-5-9-20-11/h5-6,9H,3-4,7-8,10H2,1-2H3,(H,17,18)(H2,15,16,19). The lowest BCUT2D eigenvalue weighted by Gasteiger charge is -2.26. The minimum absolute atomic E-state index is 0.153. The van der Waals surface area contributed by atoms with Crippen molar-refractivity contribution in [2.75, 3.05) is 13.1 Å². The average molecular weight is 298 g/mol. The van der Waals surface area contributed by atoms with Crippen LogP contribution in [0.1, 0.15) is 31.6 Å². The zero-order valence-corrected chi connectivity index (χ0v) is 12.8. The predicted molar refractivity (Wildman–Crippen MR) is 80.1 cm³/mol. The monoisotopic (exact) mass is 298 g/mol. The van der Waals surface area contributed by atoms with E-state index in [1.54, 1.807) is 11.3 Å². The van der Waals surface area contributed by atoms with Gasteiger partial charge in [-0.3, -0.25) is 4.79 Å². The fourth-order valence-corrected chi connectivity index (χ4v) is 2.65. The molecule has 6 heteroatoms. The van der Waals surface area contributed by atoms with E-state index >= 15 is 0 Å². The number of carbonyl (C=O) groups is 2. The summed E-state index contributed by atoms with van der Waals surface area (Å²) in [6.45, 7) is 4.35. The van der Waals surface area contributed by atoms with Crippen LogP contribution in [0.25, 0.3) is 0 Å². The molecule has 0 aromatic carbocycles. The van der Waals surface area contributed by atoms with Crippen LogP contribution in [0, 0.1) is 5.41 Å². The number of hydrogen-bond acceptors (Lipinski definition) is 3. The number of carbonyl (C=O) groups excluding carboxylic acids is 1. The third-order valence-corrected chi connectivity index (χ3v) is 4.57. The van der Waals surface area contributed by atoms with Crippen LogP contribution in [0.4, 0.5) is 4.79 Å². The molecule has 20 heavy (non-hydrogen) atoms. The Morgan fingerprint density at radius 1 is 1.30 bits per heavy atom. The second-order valence-electron chi connectivity index (χ2n) is 4.73. The van der Waals surface area contributed by atoms with Crippen LogP contribution in [0.3, 0.4) is 0 Å². The van der Waals surface area contributed by atoms with Gasteiger partial charge in [-0.25, -0.2) is 4.79 Å². The molecule has 0 saturated heterocycles. The van der Waals surface area contributed by atoms with Crippen molar-refractivity contribution in [3.63, 3.8) is 0 Å². The Morgan fingerprint density at radius 3 is 2.50 bits per heavy atom. The summed E-state index contributed by atoms with van der Waals surface area (Å²) in [6, 6.07) is 3.69. The van der Waals surface area contributed by atoms with Crippen LogP contribution in [-0.4, -0.2) is 30.2 Å². The Hall–Kier alpha value is -1.56. The van der Waals surface area contributed by atoms with Gasteiger partial charge in [-0.1, -0.05) is 19.9 Å². The largest absolute Gasteiger partial charge is 0.481 e. The molecule has 1 aromatic heterocycles. The van der Waals surface area contributed by atoms with Crippen molar-refractivity contribution < 1.29 is 14.7 Å². The maximum atomic E-state index is 11.7. The molecule has 0 aliphatic rings. The molecule has 0 aliphatic carbocycles. The minimum Gasteiger partial charge on any atom is -0.481 e. The van der Waals surface area contributed by atoms with E-state index in [1.807, 2.05) is 31.4 Å². The molecule has 1 heterocycles. The second kappa shape index (κ2) is 7.89. The van der Waals surface area contributed by atoms with Crippen molar-refractivity contribution in [3.8, 4) is 0 Å². The van der Waals surface area contributed by atoms with Gasteiger partial charge < -0.3 is 15.7 Å². The molecule has 0 saturated carbocycles. The highest BCUT2D eigenvalue weighted by Crippen LogP contribution is 2.25. The van der Waals surface area contributed by atoms with Crippen LogP contribution in [-0.2, 0) is 11.2 Å². The fourth-order valence-electron chi connectivity index (χ4n) is 1.94. The van der Waals surface area contributed by atoms with Gasteiger partial charge in [-0.2, -0.15) is 0 Å². The first-order chi connectivity index (χ1) is 9.54. The van der Waals surface area contributed by atoms with Crippen LogP contribution >= 0.6 is 11.3 Å². The van der Waals surface area contributed by atoms with E-state index in [1.165, 1.54) is 4.88 Å². The zero-order valence-electron chi connectivity index (χ0n) is 11.9. The van der Waals surface area contributed by atoms with Gasteiger partial charge in [0, 0.05) is 18.0 Å². The summed E-state index contributed by atoms with van der Waals surface area (Å²) in [6.07, 6.45) is 1.78. The second-order valence-corrected chi connectivity index (χ2v) is 5.76. The highest BCUT2D eigenvalue weighted by atomic mass is 32.1. The molecule has 112 valence electrons. The van der Waals surface area contributed by atoms with Gasteiger partial charge >= 0.3 is 12.0 Å². The lowest BCUT2D eigenvalue weighted by atomic mass is 9.82. The number of rotatable bonds is 8. The molecule has 3 N–H and O–H groups in total. The molecule has 2 amide bonds. The lowest BCUT2D eigenvalue weighted by Crippen LogP contribution is -2.46. The van der Waals surface area contributed by atoms with Gasteiger partial charge in [0.1, 0.15) is 0 Å². The average Bonchev–Trinajstić information content (AvgIpc) is 2.93. The van der Waals surface area contributed by atoms with Crippen molar-refractivity contribution in [2.45, 2.75) is 33.1 Å². The molecular formula is C14H22N2O3S. The Bertz CT molecular complexity index is 428. The van der Waals surface area contributed by atoms with Crippen molar-refractivity contribution in [2.24, 2.45) is 5.41 Å². The number of nitrogens with one attached hydrogen (secondary N) is 2. The van der Waals surface area contributed by atoms with Crippen molar-refractivity contribution in [1.29, 1.82) is 0 Å². The normalized spacial score (nSPS) is 11.1. The Balaban J connectivity index is 2.33. The van der Waals surface area contributed by atoms with Crippen LogP contribution in [0.5, 0.6) is 0 Å². The molecule has 0 radical (unpaired) electrons. The summed E-state index contributed by atoms with van der Waals surface area (Å²) in [7, 11) is 0. The zero-order chi connectivity index (χ0) is 15.0. The van der Waals surface area contributed by atoms with Crippen LogP contribution < -0.4 is 10.6 Å². The summed E-state index contributed by atoms with van der Waals surface area (Å²) in [5.41, 5.74) is -0.870. The first-order valence-corrected chi connectivity index (χ1v) is 7.69. The van der Waals surface area contributed by atoms with E-state index in [-0.39, 0.29) is 12.6 Å². The van der Waals surface area contributed by atoms with E-state index in [2.05, 4.69) is 10.6 Å². The summed E-state index contributed by atoms with van der Waals surface area (Å²) in [5.74, 6) is -0.860. The number of aliphatic carboxylic acids is 1. The summed E-state index contributed by atoms with van der Waals surface area (Å²) < 4.78 is 0. The highest BCUT2D eigenvalue weighted by molar-refractivity contribution is 7.09. The van der Waals surface area contributed by atoms with Crippen LogP contribution in [0.2, 0.25) is 0 Å². The first kappa shape index (κ1) is 16.5. The molecule has 0 spiro atoms. The van der Waals surface area contributed by atoms with Crippen molar-refractivity contribution in [3.05, 3.63) is 22.4 Å². The summed E-state index contributed by atoms with van der Waals surface area (Å²) >= 11 is 1.65. The third-order valence-electron chi connectivity index (χ3n) is 3.63. The maximum Gasteiger partial charge on any atom is 0.314 e. The number of amides is 2. The first-order valence-electron chi connectivity index (χ1n) is 6.81. The molecule has 0 bridgehead atoms. The SMILES string of the molecule is CCC(CC)(CNC(=O)NCCc1cccs1)C(=O)O. The Morgan fingerprint density at radius 2 is 2.00 bits per heavy atom. The van der Waals surface area contributed by atoms with Crippen LogP contribution in [0.15, 0.2) is 17.5 Å². The van der Waals surface area contributed by atoms with E-state index in [0.29, 0.717) is 19.4 Å². The quantitative estimate of drug-likeness (QED) is 0.690. The number of thiophene rings is 1. The third kappa shape index (κ3) is 4.52. The topological polar surface area (TPSA) is 78.4 Å². The van der Waals surface area contributed by atoms with Crippen molar-refractivity contribution in [1.82, 2.24) is 10.6 Å². The van der Waals surface area contributed by atoms with E-state index < -0.39 is 11.4 Å². The van der Waals surface area contributed by atoms with Gasteiger partial charge in [0.2, 0.25) is 0 Å². The number of hydrogen-bond donors (Lipinski definition) is 3. The fraction of sp³-hybridized carbons (Fsp3) is 0.571. The summed E-state index contributed by atoms with van der Waals surface area (Å²) in [5, 5.41) is 16.7. The molecule has 0 fully saturated rings. The van der Waals surface area contributed by atoms with Gasteiger partial charge in [-0.15, -0.1) is 11.3 Å². The number of carboxylic acids is 1. The number of carboxylic acid groups (broad SMARTS) is 1.